The number of rotatable bonds is 3. The van der Waals surface area contributed by atoms with E-state index in [1.165, 1.54) is 25.7 Å². The van der Waals surface area contributed by atoms with Crippen LogP contribution in [0.1, 0.15) is 36.2 Å². The summed E-state index contributed by atoms with van der Waals surface area (Å²) in [7, 11) is 0. The molecule has 3 aromatic rings. The fourth-order valence-electron chi connectivity index (χ4n) is 4.05. The van der Waals surface area contributed by atoms with Gasteiger partial charge in [-0.1, -0.05) is 18.2 Å². The van der Waals surface area contributed by atoms with Gasteiger partial charge in [0.15, 0.2) is 0 Å². The van der Waals surface area contributed by atoms with Gasteiger partial charge >= 0.3 is 0 Å². The van der Waals surface area contributed by atoms with Crippen molar-refractivity contribution in [1.29, 1.82) is 0 Å². The van der Waals surface area contributed by atoms with Gasteiger partial charge in [0.2, 0.25) is 0 Å². The van der Waals surface area contributed by atoms with E-state index in [9.17, 15) is 4.79 Å². The van der Waals surface area contributed by atoms with Crippen LogP contribution in [0, 0.1) is 5.41 Å². The van der Waals surface area contributed by atoms with E-state index in [0.29, 0.717) is 16.8 Å². The smallest absolute Gasteiger partial charge is 0.274 e. The summed E-state index contributed by atoms with van der Waals surface area (Å²) < 4.78 is 0. The molecule has 5 heteroatoms. The van der Waals surface area contributed by atoms with Crippen LogP contribution in [0.2, 0.25) is 0 Å². The van der Waals surface area contributed by atoms with Crippen LogP contribution in [0.25, 0.3) is 10.9 Å². The van der Waals surface area contributed by atoms with Crippen LogP contribution in [-0.2, 0) is 0 Å². The molecule has 0 unspecified atom stereocenters. The molecule has 0 radical (unpaired) electrons. The van der Waals surface area contributed by atoms with Crippen LogP contribution in [0.3, 0.4) is 0 Å². The van der Waals surface area contributed by atoms with Crippen molar-refractivity contribution in [3.8, 4) is 0 Å². The molecule has 1 aliphatic carbocycles. The van der Waals surface area contributed by atoms with Gasteiger partial charge in [0, 0.05) is 36.6 Å². The minimum absolute atomic E-state index is 0.203. The first-order valence-electron chi connectivity index (χ1n) is 9.59. The number of piperidine rings is 1. The Morgan fingerprint density at radius 3 is 2.59 bits per heavy atom. The van der Waals surface area contributed by atoms with E-state index in [2.05, 4.69) is 20.2 Å². The molecule has 1 saturated heterocycles. The zero-order valence-corrected chi connectivity index (χ0v) is 15.2. The number of para-hydroxylation sites is 1. The van der Waals surface area contributed by atoms with E-state index in [1.807, 2.05) is 42.5 Å². The average molecular weight is 358 g/mol. The van der Waals surface area contributed by atoms with E-state index in [0.717, 1.165) is 29.7 Å². The molecule has 27 heavy (non-hydrogen) atoms. The molecule has 1 amide bonds. The summed E-state index contributed by atoms with van der Waals surface area (Å²) >= 11 is 0. The molecule has 5 rings (SSSR count). The van der Waals surface area contributed by atoms with Crippen LogP contribution in [-0.4, -0.2) is 29.0 Å². The van der Waals surface area contributed by atoms with Gasteiger partial charge in [0.05, 0.1) is 11.2 Å². The highest BCUT2D eigenvalue weighted by molar-refractivity contribution is 6.07. The molecular formula is C22H22N4O. The van der Waals surface area contributed by atoms with Crippen LogP contribution < -0.4 is 10.2 Å². The van der Waals surface area contributed by atoms with Crippen molar-refractivity contribution >= 4 is 28.2 Å². The average Bonchev–Trinajstić information content (AvgIpc) is 3.48. The lowest BCUT2D eigenvalue weighted by molar-refractivity contribution is 0.102. The first kappa shape index (κ1) is 16.2. The van der Waals surface area contributed by atoms with Gasteiger partial charge < -0.3 is 10.2 Å². The second-order valence-electron chi connectivity index (χ2n) is 7.72. The van der Waals surface area contributed by atoms with Gasteiger partial charge in [-0.2, -0.15) is 0 Å². The van der Waals surface area contributed by atoms with Crippen LogP contribution in [0.4, 0.5) is 11.4 Å². The largest absolute Gasteiger partial charge is 0.371 e. The number of fused-ring (bicyclic) bond motifs is 1. The van der Waals surface area contributed by atoms with Gasteiger partial charge in [-0.05, 0) is 55.4 Å². The highest BCUT2D eigenvalue weighted by atomic mass is 16.1. The third-order valence-electron chi connectivity index (χ3n) is 6.00. The first-order valence-corrected chi connectivity index (χ1v) is 9.59. The van der Waals surface area contributed by atoms with E-state index in [1.54, 1.807) is 12.4 Å². The number of amides is 1. The molecule has 2 fully saturated rings. The summed E-state index contributed by atoms with van der Waals surface area (Å²) in [5, 5.41) is 3.97. The second kappa shape index (κ2) is 6.34. The maximum absolute atomic E-state index is 12.8. The maximum atomic E-state index is 12.8. The minimum Gasteiger partial charge on any atom is -0.371 e. The van der Waals surface area contributed by atoms with Gasteiger partial charge in [0.25, 0.3) is 5.91 Å². The lowest BCUT2D eigenvalue weighted by Crippen LogP contribution is -2.34. The fraction of sp³-hybridized carbons (Fsp3) is 0.318. The lowest BCUT2D eigenvalue weighted by Gasteiger charge is -2.33. The van der Waals surface area contributed by atoms with Crippen molar-refractivity contribution in [3.63, 3.8) is 0 Å². The number of pyridine rings is 2. The highest BCUT2D eigenvalue weighted by Gasteiger charge is 2.44. The molecule has 3 heterocycles. The summed E-state index contributed by atoms with van der Waals surface area (Å²) in [4.78, 5) is 23.8. The standard InChI is InChI=1S/C22H22N4O/c27-21(25-18-5-1-3-16-4-2-11-24-20(16)18)19-15-17(6-12-23-19)26-13-9-22(7-8-22)10-14-26/h1-6,11-12,15H,7-10,13-14H2,(H,25,27). The third-order valence-corrected chi connectivity index (χ3v) is 6.00. The summed E-state index contributed by atoms with van der Waals surface area (Å²) in [6.45, 7) is 2.14. The van der Waals surface area contributed by atoms with E-state index >= 15 is 0 Å². The minimum atomic E-state index is -0.203. The number of anilines is 2. The Hall–Kier alpha value is -2.95. The van der Waals surface area contributed by atoms with Crippen LogP contribution in [0.5, 0.6) is 0 Å². The molecule has 1 N–H and O–H groups in total. The Labute approximate surface area is 158 Å². The SMILES string of the molecule is O=C(Nc1cccc2cccnc12)c1cc(N2CCC3(CC2)CC3)ccn1. The van der Waals surface area contributed by atoms with Gasteiger partial charge in [-0.25, -0.2) is 0 Å². The molecule has 136 valence electrons. The number of benzene rings is 1. The van der Waals surface area contributed by atoms with Crippen molar-refractivity contribution in [1.82, 2.24) is 9.97 Å². The predicted molar refractivity (Wildman–Crippen MR) is 107 cm³/mol. The molecule has 2 aromatic heterocycles. The van der Waals surface area contributed by atoms with Gasteiger partial charge in [-0.15, -0.1) is 0 Å². The Kier molecular flexibility index (Phi) is 3.81. The second-order valence-corrected chi connectivity index (χ2v) is 7.72. The lowest BCUT2D eigenvalue weighted by atomic mass is 9.93. The summed E-state index contributed by atoms with van der Waals surface area (Å²) in [6, 6.07) is 13.6. The molecule has 5 nitrogen and oxygen atoms in total. The number of carbonyl (C=O) groups excluding carboxylic acids is 1. The van der Waals surface area contributed by atoms with Gasteiger partial charge in [0.1, 0.15) is 5.69 Å². The molecule has 0 atom stereocenters. The maximum Gasteiger partial charge on any atom is 0.274 e. The van der Waals surface area contributed by atoms with Crippen molar-refractivity contribution in [3.05, 3.63) is 60.6 Å². The van der Waals surface area contributed by atoms with Crippen molar-refractivity contribution in [2.75, 3.05) is 23.3 Å². The van der Waals surface area contributed by atoms with Crippen LogP contribution in [0.15, 0.2) is 54.9 Å². The number of nitrogens with one attached hydrogen (secondary N) is 1. The summed E-state index contributed by atoms with van der Waals surface area (Å²) in [6.07, 6.45) is 8.78. The third kappa shape index (κ3) is 3.14. The molecule has 2 aliphatic rings. The molecule has 1 aromatic carbocycles. The number of hydrogen-bond acceptors (Lipinski definition) is 4. The number of aromatic nitrogens is 2. The van der Waals surface area contributed by atoms with Crippen molar-refractivity contribution < 1.29 is 4.79 Å². The van der Waals surface area contributed by atoms with E-state index in [-0.39, 0.29) is 5.91 Å². The molecular weight excluding hydrogens is 336 g/mol. The first-order chi connectivity index (χ1) is 13.2. The zero-order chi connectivity index (χ0) is 18.3. The van der Waals surface area contributed by atoms with Gasteiger partial charge in [-0.3, -0.25) is 14.8 Å². The topological polar surface area (TPSA) is 58.1 Å². The van der Waals surface area contributed by atoms with Crippen LogP contribution >= 0.6 is 0 Å². The van der Waals surface area contributed by atoms with E-state index in [4.69, 9.17) is 0 Å². The Morgan fingerprint density at radius 2 is 1.78 bits per heavy atom. The summed E-state index contributed by atoms with van der Waals surface area (Å²) in [5.74, 6) is -0.203. The number of carbonyl (C=O) groups is 1. The zero-order valence-electron chi connectivity index (χ0n) is 15.2. The quantitative estimate of drug-likeness (QED) is 0.760. The molecule has 1 aliphatic heterocycles. The van der Waals surface area contributed by atoms with E-state index < -0.39 is 0 Å². The fourth-order valence-corrected chi connectivity index (χ4v) is 4.05. The summed E-state index contributed by atoms with van der Waals surface area (Å²) in [5.41, 5.74) is 3.66. The monoisotopic (exact) mass is 358 g/mol. The number of nitrogens with zero attached hydrogens (tertiary/aromatic N) is 3. The Morgan fingerprint density at radius 1 is 0.963 bits per heavy atom. The molecule has 0 bridgehead atoms. The Balaban J connectivity index is 1.36. The molecule has 1 spiro atoms. The highest BCUT2D eigenvalue weighted by Crippen LogP contribution is 2.53. The predicted octanol–water partition coefficient (Wildman–Crippen LogP) is 4.26. The van der Waals surface area contributed by atoms with Crippen molar-refractivity contribution in [2.45, 2.75) is 25.7 Å². The Bertz CT molecular complexity index is 997. The normalized spacial score (nSPS) is 17.9. The molecule has 1 saturated carbocycles. The number of hydrogen-bond donors (Lipinski definition) is 1. The van der Waals surface area contributed by atoms with Crippen molar-refractivity contribution in [2.24, 2.45) is 5.41 Å².